The summed E-state index contributed by atoms with van der Waals surface area (Å²) >= 11 is 3.14. The van der Waals surface area contributed by atoms with Gasteiger partial charge in [-0.3, -0.25) is 0 Å². The maximum absolute atomic E-state index is 12.6. The first-order valence-corrected chi connectivity index (χ1v) is 10.4. The Morgan fingerprint density at radius 1 is 1.05 bits per heavy atom. The number of piperazine rings is 1. The van der Waals surface area contributed by atoms with Gasteiger partial charge in [-0.25, -0.2) is 16.8 Å². The molecule has 0 amide bonds. The third kappa shape index (κ3) is 3.65. The van der Waals surface area contributed by atoms with E-state index in [-0.39, 0.29) is 9.79 Å². The molecule has 1 aromatic rings. The fourth-order valence-electron chi connectivity index (χ4n) is 2.11. The summed E-state index contributed by atoms with van der Waals surface area (Å²) in [4.78, 5) is 2.04. The van der Waals surface area contributed by atoms with Gasteiger partial charge in [-0.05, 0) is 41.2 Å². The zero-order valence-corrected chi connectivity index (χ0v) is 15.0. The third-order valence-electron chi connectivity index (χ3n) is 3.40. The highest BCUT2D eigenvalue weighted by Gasteiger charge is 2.28. The van der Waals surface area contributed by atoms with Crippen molar-refractivity contribution < 1.29 is 16.8 Å². The molecule has 6 nitrogen and oxygen atoms in total. The van der Waals surface area contributed by atoms with Gasteiger partial charge in [0.05, 0.1) is 9.79 Å². The molecule has 21 heavy (non-hydrogen) atoms. The van der Waals surface area contributed by atoms with Crippen LogP contribution in [0.4, 0.5) is 0 Å². The predicted molar refractivity (Wildman–Crippen MR) is 83.5 cm³/mol. The van der Waals surface area contributed by atoms with Gasteiger partial charge in [0, 0.05) is 36.9 Å². The van der Waals surface area contributed by atoms with Crippen molar-refractivity contribution in [3.8, 4) is 0 Å². The number of sulfonamides is 1. The Bertz CT molecular complexity index is 739. The molecule has 0 saturated carbocycles. The zero-order valence-electron chi connectivity index (χ0n) is 11.8. The molecule has 2 rings (SSSR count). The van der Waals surface area contributed by atoms with E-state index >= 15 is 0 Å². The molecule has 1 fully saturated rings. The predicted octanol–water partition coefficient (Wildman–Crippen LogP) is 0.789. The van der Waals surface area contributed by atoms with Crippen LogP contribution in [-0.4, -0.2) is 65.5 Å². The second-order valence-corrected chi connectivity index (χ2v) is 9.85. The van der Waals surface area contributed by atoms with Crippen LogP contribution in [0.25, 0.3) is 0 Å². The minimum atomic E-state index is -3.66. The van der Waals surface area contributed by atoms with Crippen molar-refractivity contribution in [3.05, 3.63) is 22.7 Å². The zero-order chi connectivity index (χ0) is 15.8. The van der Waals surface area contributed by atoms with E-state index in [1.165, 1.54) is 22.5 Å². The molecule has 1 heterocycles. The van der Waals surface area contributed by atoms with Gasteiger partial charge in [0.15, 0.2) is 9.84 Å². The normalized spacial score (nSPS) is 18.8. The van der Waals surface area contributed by atoms with Gasteiger partial charge in [-0.15, -0.1) is 0 Å². The quantitative estimate of drug-likeness (QED) is 0.754. The Morgan fingerprint density at radius 2 is 1.62 bits per heavy atom. The fourth-order valence-corrected chi connectivity index (χ4v) is 5.52. The lowest BCUT2D eigenvalue weighted by Crippen LogP contribution is -2.47. The van der Waals surface area contributed by atoms with Crippen LogP contribution in [0.1, 0.15) is 0 Å². The molecule has 118 valence electrons. The number of likely N-dealkylation sites (N-methyl/N-ethyl adjacent to an activating group) is 1. The van der Waals surface area contributed by atoms with Crippen LogP contribution < -0.4 is 0 Å². The lowest BCUT2D eigenvalue weighted by Gasteiger charge is -2.31. The Labute approximate surface area is 133 Å². The Hall–Kier alpha value is -0.480. The van der Waals surface area contributed by atoms with E-state index in [1.807, 2.05) is 7.05 Å². The highest BCUT2D eigenvalue weighted by Crippen LogP contribution is 2.27. The Balaban J connectivity index is 2.42. The van der Waals surface area contributed by atoms with Crippen molar-refractivity contribution in [1.29, 1.82) is 0 Å². The largest absolute Gasteiger partial charge is 0.304 e. The van der Waals surface area contributed by atoms with Crippen LogP contribution in [-0.2, 0) is 19.9 Å². The summed E-state index contributed by atoms with van der Waals surface area (Å²) in [5.41, 5.74) is 0. The minimum absolute atomic E-state index is 0.00989. The summed E-state index contributed by atoms with van der Waals surface area (Å²) in [5.74, 6) is 0. The standard InChI is InChI=1S/C12H17BrN2O4S2/c1-14-5-7-15(8-6-14)21(18,19)10-3-4-11(13)12(9-10)20(2,16)17/h3-4,9H,5-8H2,1-2H3. The molecule has 1 aliphatic rings. The second-order valence-electron chi connectivity index (χ2n) is 5.07. The maximum atomic E-state index is 12.6. The summed E-state index contributed by atoms with van der Waals surface area (Å²) < 4.78 is 50.3. The Morgan fingerprint density at radius 3 is 2.14 bits per heavy atom. The number of nitrogens with zero attached hydrogens (tertiary/aromatic N) is 2. The van der Waals surface area contributed by atoms with E-state index in [1.54, 1.807) is 0 Å². The van der Waals surface area contributed by atoms with Crippen molar-refractivity contribution >= 4 is 35.8 Å². The lowest BCUT2D eigenvalue weighted by molar-refractivity contribution is 0.222. The van der Waals surface area contributed by atoms with Crippen LogP contribution >= 0.6 is 15.9 Å². The van der Waals surface area contributed by atoms with Crippen LogP contribution in [0.15, 0.2) is 32.5 Å². The van der Waals surface area contributed by atoms with Crippen LogP contribution in [0.2, 0.25) is 0 Å². The van der Waals surface area contributed by atoms with Crippen LogP contribution in [0.5, 0.6) is 0 Å². The number of rotatable bonds is 3. The number of hydrogen-bond acceptors (Lipinski definition) is 5. The highest BCUT2D eigenvalue weighted by atomic mass is 79.9. The molecule has 0 aromatic heterocycles. The number of sulfone groups is 1. The van der Waals surface area contributed by atoms with Gasteiger partial charge in [-0.1, -0.05) is 0 Å². The molecule has 9 heteroatoms. The molecule has 0 N–H and O–H groups in total. The van der Waals surface area contributed by atoms with Gasteiger partial charge in [0.1, 0.15) is 0 Å². The maximum Gasteiger partial charge on any atom is 0.243 e. The molecule has 0 spiro atoms. The van der Waals surface area contributed by atoms with E-state index < -0.39 is 19.9 Å². The summed E-state index contributed by atoms with van der Waals surface area (Å²) in [6.07, 6.45) is 1.05. The minimum Gasteiger partial charge on any atom is -0.304 e. The molecule has 0 atom stereocenters. The second kappa shape index (κ2) is 5.96. The SMILES string of the molecule is CN1CCN(S(=O)(=O)c2ccc(Br)c(S(C)(=O)=O)c2)CC1. The van der Waals surface area contributed by atoms with Gasteiger partial charge < -0.3 is 4.90 Å². The van der Waals surface area contributed by atoms with Crippen LogP contribution in [0, 0.1) is 0 Å². The van der Waals surface area contributed by atoms with E-state index in [9.17, 15) is 16.8 Å². The third-order valence-corrected chi connectivity index (χ3v) is 7.39. The van der Waals surface area contributed by atoms with Crippen molar-refractivity contribution in [3.63, 3.8) is 0 Å². The van der Waals surface area contributed by atoms with Crippen LogP contribution in [0.3, 0.4) is 0 Å². The van der Waals surface area contributed by atoms with E-state index in [4.69, 9.17) is 0 Å². The van der Waals surface area contributed by atoms with E-state index in [0.717, 1.165) is 6.26 Å². The average molecular weight is 397 g/mol. The molecule has 1 aliphatic heterocycles. The molecule has 0 bridgehead atoms. The van der Waals surface area contributed by atoms with Crippen molar-refractivity contribution in [2.75, 3.05) is 39.5 Å². The number of benzene rings is 1. The van der Waals surface area contributed by atoms with Crippen molar-refractivity contribution in [1.82, 2.24) is 9.21 Å². The van der Waals surface area contributed by atoms with E-state index in [0.29, 0.717) is 30.7 Å². The highest BCUT2D eigenvalue weighted by molar-refractivity contribution is 9.10. The van der Waals surface area contributed by atoms with Gasteiger partial charge in [-0.2, -0.15) is 4.31 Å². The molecular formula is C12H17BrN2O4S2. The molecule has 0 unspecified atom stereocenters. The summed E-state index contributed by atoms with van der Waals surface area (Å²) in [5, 5.41) is 0. The van der Waals surface area contributed by atoms with Gasteiger partial charge >= 0.3 is 0 Å². The molecule has 0 radical (unpaired) electrons. The topological polar surface area (TPSA) is 74.8 Å². The Kier molecular flexibility index (Phi) is 4.79. The fraction of sp³-hybridized carbons (Fsp3) is 0.500. The van der Waals surface area contributed by atoms with E-state index in [2.05, 4.69) is 20.8 Å². The average Bonchev–Trinajstić information content (AvgIpc) is 2.38. The lowest BCUT2D eigenvalue weighted by atomic mass is 10.4. The molecular weight excluding hydrogens is 380 g/mol. The smallest absolute Gasteiger partial charge is 0.243 e. The first kappa shape index (κ1) is 16.9. The summed E-state index contributed by atoms with van der Waals surface area (Å²) in [6, 6.07) is 4.10. The van der Waals surface area contributed by atoms with Gasteiger partial charge in [0.2, 0.25) is 10.0 Å². The summed E-state index contributed by atoms with van der Waals surface area (Å²) in [7, 11) is -5.22. The number of hydrogen-bond donors (Lipinski definition) is 0. The van der Waals surface area contributed by atoms with Crippen molar-refractivity contribution in [2.24, 2.45) is 0 Å². The van der Waals surface area contributed by atoms with Gasteiger partial charge in [0.25, 0.3) is 0 Å². The number of halogens is 1. The molecule has 0 aliphatic carbocycles. The molecule has 1 saturated heterocycles. The first-order chi connectivity index (χ1) is 9.62. The monoisotopic (exact) mass is 396 g/mol. The summed E-state index contributed by atoms with van der Waals surface area (Å²) in [6.45, 7) is 2.13. The van der Waals surface area contributed by atoms with Crippen molar-refractivity contribution in [2.45, 2.75) is 9.79 Å². The molecule has 1 aromatic carbocycles. The first-order valence-electron chi connectivity index (χ1n) is 6.30.